The molecule has 0 aliphatic heterocycles. The monoisotopic (exact) mass is 622 g/mol. The summed E-state index contributed by atoms with van der Waals surface area (Å²) in [7, 11) is 0. The molecule has 5 aromatic carbocycles. The van der Waals surface area contributed by atoms with E-state index in [9.17, 15) is 0 Å². The van der Waals surface area contributed by atoms with Crippen molar-refractivity contribution in [3.63, 3.8) is 0 Å². The van der Waals surface area contributed by atoms with Gasteiger partial charge in [-0.3, -0.25) is 9.97 Å². The Bertz CT molecular complexity index is 2730. The number of nitrogens with zero attached hydrogens (tertiary/aromatic N) is 4. The molecule has 6 aromatic heterocycles. The topological polar surface area (TPSA) is 35.6 Å². The largest absolute Gasteiger partial charge is 0.308 e. The van der Waals surface area contributed by atoms with Crippen LogP contribution in [0.1, 0.15) is 0 Å². The highest BCUT2D eigenvalue weighted by Gasteiger charge is 2.17. The van der Waals surface area contributed by atoms with Crippen LogP contribution in [0.4, 0.5) is 0 Å². The standard InChI is InChI=1S/C40H22N4S2/c1-3-9-31-25(7-1)39-33(11-5-17-41-39)43(31)23-13-15-35-27(19-23)29-21-38-30(22-37(29)45-35)28-20-24(14-16-36(28)46-38)44-32-10-4-2-8-26(32)40-34(44)12-6-18-42-40/h1-22H. The van der Waals surface area contributed by atoms with Crippen LogP contribution in [0.15, 0.2) is 134 Å². The van der Waals surface area contributed by atoms with E-state index in [-0.39, 0.29) is 0 Å². The lowest BCUT2D eigenvalue weighted by atomic mass is 10.1. The van der Waals surface area contributed by atoms with Crippen LogP contribution in [0.25, 0.3) is 95.6 Å². The number of fused-ring (bicyclic) bond motifs is 12. The molecule has 0 saturated carbocycles. The van der Waals surface area contributed by atoms with Gasteiger partial charge in [0.2, 0.25) is 0 Å². The summed E-state index contributed by atoms with van der Waals surface area (Å²) >= 11 is 3.75. The number of hydrogen-bond acceptors (Lipinski definition) is 4. The molecule has 6 heterocycles. The van der Waals surface area contributed by atoms with Crippen LogP contribution in [0.5, 0.6) is 0 Å². The van der Waals surface area contributed by atoms with Crippen molar-refractivity contribution < 1.29 is 0 Å². The molecular formula is C40H22N4S2. The number of benzene rings is 5. The van der Waals surface area contributed by atoms with Crippen molar-refractivity contribution in [1.82, 2.24) is 19.1 Å². The Hall–Kier alpha value is -5.56. The van der Waals surface area contributed by atoms with E-state index in [1.54, 1.807) is 0 Å². The normalized spacial score (nSPS) is 12.3. The number of hydrogen-bond donors (Lipinski definition) is 0. The fourth-order valence-corrected chi connectivity index (χ4v) is 9.64. The summed E-state index contributed by atoms with van der Waals surface area (Å²) < 4.78 is 9.94. The average Bonchev–Trinajstić information content (AvgIpc) is 3.84. The summed E-state index contributed by atoms with van der Waals surface area (Å²) in [4.78, 5) is 9.49. The highest BCUT2D eigenvalue weighted by molar-refractivity contribution is 7.27. The van der Waals surface area contributed by atoms with E-state index in [0.29, 0.717) is 0 Å². The summed E-state index contributed by atoms with van der Waals surface area (Å²) in [6, 6.07) is 44.1. The van der Waals surface area contributed by atoms with E-state index in [2.05, 4.69) is 118 Å². The number of rotatable bonds is 2. The van der Waals surface area contributed by atoms with Gasteiger partial charge in [-0.05, 0) is 84.9 Å². The van der Waals surface area contributed by atoms with E-state index in [1.165, 1.54) is 62.2 Å². The van der Waals surface area contributed by atoms with Crippen molar-refractivity contribution in [2.75, 3.05) is 0 Å². The van der Waals surface area contributed by atoms with Crippen molar-refractivity contribution in [3.8, 4) is 11.4 Å². The number of pyridine rings is 2. The van der Waals surface area contributed by atoms with E-state index < -0.39 is 0 Å². The second-order valence-corrected chi connectivity index (χ2v) is 14.0. The van der Waals surface area contributed by atoms with Gasteiger partial charge in [0.15, 0.2) is 0 Å². The van der Waals surface area contributed by atoms with Crippen molar-refractivity contribution in [2.24, 2.45) is 0 Å². The first-order chi connectivity index (χ1) is 22.8. The zero-order valence-electron chi connectivity index (χ0n) is 24.3. The van der Waals surface area contributed by atoms with Crippen molar-refractivity contribution >= 4 is 107 Å². The lowest BCUT2D eigenvalue weighted by molar-refractivity contribution is 1.18. The number of aromatic nitrogens is 4. The van der Waals surface area contributed by atoms with Crippen LogP contribution in [0, 0.1) is 0 Å². The molecule has 0 spiro atoms. The Kier molecular flexibility index (Phi) is 4.84. The smallest absolute Gasteiger partial charge is 0.0963 e. The summed E-state index contributed by atoms with van der Waals surface area (Å²) in [6.07, 6.45) is 3.77. The zero-order chi connectivity index (χ0) is 29.9. The van der Waals surface area contributed by atoms with Crippen LogP contribution >= 0.6 is 22.7 Å². The summed E-state index contributed by atoms with van der Waals surface area (Å²) in [5.74, 6) is 0. The second-order valence-electron chi connectivity index (χ2n) is 11.9. The molecule has 11 rings (SSSR count). The van der Waals surface area contributed by atoms with Crippen LogP contribution in [-0.4, -0.2) is 19.1 Å². The molecule has 0 radical (unpaired) electrons. The SMILES string of the molecule is c1ccc2c(c1)c1ncccc1n2-c1ccc2sc3cc4c(cc3c2c1)sc1ccc(-n2c3ccccc3c3ncccc32)cc14. The Morgan fingerprint density at radius 1 is 0.370 bits per heavy atom. The predicted octanol–water partition coefficient (Wildman–Crippen LogP) is 11.4. The van der Waals surface area contributed by atoms with Gasteiger partial charge in [-0.15, -0.1) is 22.7 Å². The number of para-hydroxylation sites is 2. The molecule has 0 aliphatic rings. The second kappa shape index (κ2) is 9.01. The van der Waals surface area contributed by atoms with Gasteiger partial charge in [0.25, 0.3) is 0 Å². The maximum atomic E-state index is 4.74. The third-order valence-corrected chi connectivity index (χ3v) is 11.7. The predicted molar refractivity (Wildman–Crippen MR) is 196 cm³/mol. The highest BCUT2D eigenvalue weighted by atomic mass is 32.1. The first kappa shape index (κ1) is 24.7. The minimum absolute atomic E-state index is 1.04. The van der Waals surface area contributed by atoms with Crippen molar-refractivity contribution in [2.45, 2.75) is 0 Å². The van der Waals surface area contributed by atoms with Gasteiger partial charge in [-0.2, -0.15) is 0 Å². The molecule has 6 heteroatoms. The van der Waals surface area contributed by atoms with Crippen LogP contribution in [0.2, 0.25) is 0 Å². The summed E-state index contributed by atoms with van der Waals surface area (Å²) in [6.45, 7) is 0. The molecule has 0 saturated heterocycles. The van der Waals surface area contributed by atoms with Crippen LogP contribution in [0.3, 0.4) is 0 Å². The fraction of sp³-hybridized carbons (Fsp3) is 0. The number of thiophene rings is 2. The molecule has 0 atom stereocenters. The van der Waals surface area contributed by atoms with Crippen molar-refractivity contribution in [3.05, 3.63) is 134 Å². The minimum atomic E-state index is 1.04. The molecular weight excluding hydrogens is 601 g/mol. The zero-order valence-corrected chi connectivity index (χ0v) is 25.9. The molecule has 214 valence electrons. The third kappa shape index (κ3) is 3.27. The molecule has 0 unspecified atom stereocenters. The summed E-state index contributed by atoms with van der Waals surface area (Å²) in [5.41, 5.74) is 9.01. The van der Waals surface area contributed by atoms with Gasteiger partial charge in [0.05, 0.1) is 33.1 Å². The molecule has 0 fully saturated rings. The van der Waals surface area contributed by atoms with Crippen molar-refractivity contribution in [1.29, 1.82) is 0 Å². The first-order valence-electron chi connectivity index (χ1n) is 15.3. The van der Waals surface area contributed by atoms with E-state index in [0.717, 1.165) is 33.4 Å². The maximum absolute atomic E-state index is 4.74. The first-order valence-corrected chi connectivity index (χ1v) is 17.0. The third-order valence-electron chi connectivity index (χ3n) is 9.40. The molecule has 0 bridgehead atoms. The minimum Gasteiger partial charge on any atom is -0.308 e. The van der Waals surface area contributed by atoms with Gasteiger partial charge in [-0.1, -0.05) is 36.4 Å². The molecule has 4 nitrogen and oxygen atoms in total. The Balaban J connectivity index is 1.13. The van der Waals surface area contributed by atoms with Gasteiger partial charge >= 0.3 is 0 Å². The van der Waals surface area contributed by atoms with Gasteiger partial charge < -0.3 is 9.13 Å². The quantitative estimate of drug-likeness (QED) is 0.192. The van der Waals surface area contributed by atoms with E-state index in [1.807, 2.05) is 47.2 Å². The van der Waals surface area contributed by atoms with E-state index in [4.69, 9.17) is 9.97 Å². The average molecular weight is 623 g/mol. The van der Waals surface area contributed by atoms with E-state index >= 15 is 0 Å². The molecule has 0 aliphatic carbocycles. The Morgan fingerprint density at radius 2 is 0.804 bits per heavy atom. The van der Waals surface area contributed by atoms with Gasteiger partial charge in [0.1, 0.15) is 0 Å². The lowest BCUT2D eigenvalue weighted by Crippen LogP contribution is -1.93. The van der Waals surface area contributed by atoms with Gasteiger partial charge in [-0.25, -0.2) is 0 Å². The molecule has 11 aromatic rings. The molecule has 46 heavy (non-hydrogen) atoms. The molecule has 0 N–H and O–H groups in total. The Morgan fingerprint density at radius 3 is 1.30 bits per heavy atom. The van der Waals surface area contributed by atoms with Gasteiger partial charge in [0, 0.05) is 74.9 Å². The lowest BCUT2D eigenvalue weighted by Gasteiger charge is -2.08. The molecule has 0 amide bonds. The van der Waals surface area contributed by atoms with Crippen LogP contribution < -0.4 is 0 Å². The van der Waals surface area contributed by atoms with Crippen LogP contribution in [-0.2, 0) is 0 Å². The Labute approximate surface area is 270 Å². The highest BCUT2D eigenvalue weighted by Crippen LogP contribution is 2.44. The maximum Gasteiger partial charge on any atom is 0.0963 e. The fourth-order valence-electron chi connectivity index (χ4n) is 7.42. The summed E-state index contributed by atoms with van der Waals surface area (Å²) in [5, 5.41) is 7.58.